The van der Waals surface area contributed by atoms with E-state index in [1.54, 1.807) is 0 Å². The molecule has 0 radical (unpaired) electrons. The molecule has 8 heteroatoms. The number of nitrogens with one attached hydrogen (secondary N) is 2. The molecule has 2 aromatic heterocycles. The predicted octanol–water partition coefficient (Wildman–Crippen LogP) is 8.40. The Bertz CT molecular complexity index is 1770. The molecular weight excluding hydrogens is 645 g/mol. The lowest BCUT2D eigenvalue weighted by molar-refractivity contribution is -0.110. The molecule has 0 saturated carbocycles. The van der Waals surface area contributed by atoms with E-state index in [0.29, 0.717) is 18.2 Å². The molecule has 0 aliphatic carbocycles. The van der Waals surface area contributed by atoms with Crippen molar-refractivity contribution in [3.63, 3.8) is 0 Å². The van der Waals surface area contributed by atoms with Crippen molar-refractivity contribution in [1.29, 1.82) is 0 Å². The molecule has 4 rings (SSSR count). The topological polar surface area (TPSA) is 85.7 Å². The summed E-state index contributed by atoms with van der Waals surface area (Å²) in [4.78, 5) is 20.0. The fourth-order valence-corrected chi connectivity index (χ4v) is 7.70. The number of amides is 1. The average Bonchev–Trinajstić information content (AvgIpc) is 3.43. The van der Waals surface area contributed by atoms with Crippen molar-refractivity contribution >= 4 is 17.3 Å². The second-order valence-electron chi connectivity index (χ2n) is 15.7. The monoisotopic (exact) mass is 709 g/mol. The summed E-state index contributed by atoms with van der Waals surface area (Å²) in [6.07, 6.45) is 8.34. The minimum absolute atomic E-state index is 0.109. The molecular formula is C44H64N6O2. The molecule has 0 spiro atoms. The molecule has 282 valence electrons. The van der Waals surface area contributed by atoms with Crippen molar-refractivity contribution in [2.45, 2.75) is 99.2 Å². The third-order valence-corrected chi connectivity index (χ3v) is 10.5. The summed E-state index contributed by atoms with van der Waals surface area (Å²) in [5.74, 6) is 0.818. The number of aliphatic hydroxyl groups is 1. The van der Waals surface area contributed by atoms with Crippen LogP contribution in [0.15, 0.2) is 73.2 Å². The Morgan fingerprint density at radius 1 is 1.06 bits per heavy atom. The van der Waals surface area contributed by atoms with Crippen molar-refractivity contribution < 1.29 is 9.90 Å². The van der Waals surface area contributed by atoms with Gasteiger partial charge in [0, 0.05) is 67.3 Å². The number of hydrogen-bond donors (Lipinski definition) is 3. The van der Waals surface area contributed by atoms with E-state index < -0.39 is 0 Å². The van der Waals surface area contributed by atoms with Gasteiger partial charge in [0.05, 0.1) is 11.7 Å². The first-order chi connectivity index (χ1) is 24.9. The van der Waals surface area contributed by atoms with Gasteiger partial charge in [0.15, 0.2) is 0 Å². The number of nitrogens with zero attached hydrogens (tertiary/aromatic N) is 4. The molecule has 4 aromatic rings. The molecule has 0 aliphatic rings. The molecule has 0 aliphatic heterocycles. The SMILES string of the molecule is C=C(C(C(C)C)N(C)C)N(CCCCNNC=O)Cc1cccc(-c2ccc3c(c2)c(CC(C)(C)CO)c(-c2cnccc2C(C)CC)n3CC)c1. The molecule has 2 heterocycles. The zero-order valence-corrected chi connectivity index (χ0v) is 33.3. The Hall–Kier alpha value is -3.98. The highest BCUT2D eigenvalue weighted by atomic mass is 16.3. The molecule has 8 nitrogen and oxygen atoms in total. The number of hydrogen-bond acceptors (Lipinski definition) is 6. The van der Waals surface area contributed by atoms with Crippen molar-refractivity contribution in [2.24, 2.45) is 11.3 Å². The van der Waals surface area contributed by atoms with Gasteiger partial charge in [-0.2, -0.15) is 0 Å². The number of benzene rings is 2. The minimum Gasteiger partial charge on any atom is -0.396 e. The van der Waals surface area contributed by atoms with Crippen LogP contribution in [-0.4, -0.2) is 70.7 Å². The molecule has 2 atom stereocenters. The Kier molecular flexibility index (Phi) is 14.6. The van der Waals surface area contributed by atoms with Gasteiger partial charge in [0.1, 0.15) is 0 Å². The molecule has 0 bridgehead atoms. The third-order valence-electron chi connectivity index (χ3n) is 10.5. The first-order valence-corrected chi connectivity index (χ1v) is 19.2. The van der Waals surface area contributed by atoms with Crippen molar-refractivity contribution in [2.75, 3.05) is 33.8 Å². The van der Waals surface area contributed by atoms with Gasteiger partial charge in [-0.3, -0.25) is 15.2 Å². The van der Waals surface area contributed by atoms with Crippen LogP contribution >= 0.6 is 0 Å². The van der Waals surface area contributed by atoms with Crippen LogP contribution < -0.4 is 10.9 Å². The van der Waals surface area contributed by atoms with Crippen molar-refractivity contribution in [3.05, 3.63) is 89.9 Å². The van der Waals surface area contributed by atoms with Gasteiger partial charge in [0.2, 0.25) is 6.41 Å². The Morgan fingerprint density at radius 3 is 2.46 bits per heavy atom. The first-order valence-electron chi connectivity index (χ1n) is 19.2. The van der Waals surface area contributed by atoms with Crippen LogP contribution in [-0.2, 0) is 24.3 Å². The highest BCUT2D eigenvalue weighted by molar-refractivity contribution is 5.95. The number of aliphatic hydroxyl groups excluding tert-OH is 1. The summed E-state index contributed by atoms with van der Waals surface area (Å²) in [7, 11) is 4.26. The van der Waals surface area contributed by atoms with E-state index in [2.05, 4.69) is 148 Å². The Morgan fingerprint density at radius 2 is 1.81 bits per heavy atom. The van der Waals surface area contributed by atoms with Gasteiger partial charge in [0.25, 0.3) is 0 Å². The number of carbonyl (C=O) groups excluding carboxylic acids is 1. The molecule has 3 N–H and O–H groups in total. The zero-order chi connectivity index (χ0) is 38.0. The van der Waals surface area contributed by atoms with E-state index in [-0.39, 0.29) is 18.1 Å². The molecule has 2 aromatic carbocycles. The number of aromatic nitrogens is 2. The minimum atomic E-state index is -0.288. The number of pyridine rings is 1. The van der Waals surface area contributed by atoms with Crippen LogP contribution in [0.2, 0.25) is 0 Å². The van der Waals surface area contributed by atoms with E-state index in [9.17, 15) is 9.90 Å². The Labute approximate surface area is 313 Å². The smallest absolute Gasteiger partial charge is 0.221 e. The first kappa shape index (κ1) is 40.8. The van der Waals surface area contributed by atoms with E-state index >= 15 is 0 Å². The van der Waals surface area contributed by atoms with E-state index in [4.69, 9.17) is 0 Å². The summed E-state index contributed by atoms with van der Waals surface area (Å²) in [6, 6.07) is 18.2. The highest BCUT2D eigenvalue weighted by Gasteiger charge is 2.28. The molecule has 1 amide bonds. The number of aryl methyl sites for hydroxylation is 1. The second kappa shape index (κ2) is 18.7. The summed E-state index contributed by atoms with van der Waals surface area (Å²) in [5, 5.41) is 11.7. The maximum Gasteiger partial charge on any atom is 0.221 e. The fraction of sp³-hybridized carbons (Fsp3) is 0.500. The average molecular weight is 709 g/mol. The van der Waals surface area contributed by atoms with Gasteiger partial charge < -0.3 is 19.5 Å². The Balaban J connectivity index is 1.78. The zero-order valence-electron chi connectivity index (χ0n) is 33.3. The van der Waals surface area contributed by atoms with E-state index in [1.807, 2.05) is 12.4 Å². The number of hydrazine groups is 1. The largest absolute Gasteiger partial charge is 0.396 e. The third kappa shape index (κ3) is 9.71. The lowest BCUT2D eigenvalue weighted by atomic mass is 9.83. The molecule has 0 saturated heterocycles. The number of rotatable bonds is 21. The van der Waals surface area contributed by atoms with Crippen LogP contribution in [0.4, 0.5) is 0 Å². The molecule has 0 fully saturated rings. The van der Waals surface area contributed by atoms with Crippen LogP contribution in [0.25, 0.3) is 33.3 Å². The number of carbonyl (C=O) groups is 1. The normalized spacial score (nSPS) is 13.2. The molecule has 2 unspecified atom stereocenters. The number of fused-ring (bicyclic) bond motifs is 1. The molecule has 52 heavy (non-hydrogen) atoms. The van der Waals surface area contributed by atoms with Crippen LogP contribution in [0.5, 0.6) is 0 Å². The van der Waals surface area contributed by atoms with Gasteiger partial charge >= 0.3 is 0 Å². The predicted molar refractivity (Wildman–Crippen MR) is 218 cm³/mol. The summed E-state index contributed by atoms with van der Waals surface area (Å²) in [6.45, 7) is 23.5. The quantitative estimate of drug-likeness (QED) is 0.0458. The maximum absolute atomic E-state index is 10.6. The lowest BCUT2D eigenvalue weighted by Crippen LogP contribution is -2.41. The van der Waals surface area contributed by atoms with Gasteiger partial charge in [-0.25, -0.2) is 5.43 Å². The van der Waals surface area contributed by atoms with Gasteiger partial charge in [-0.05, 0) is 116 Å². The standard InChI is InChI=1S/C44H64N6O2/c1-11-32(5)37-20-22-45-27-40(37)43-39(26-44(7,8)29-51)38-25-36(18-19-41(38)50(43)12-2)35-17-15-16-34(24-35)28-49(23-14-13-21-46-47-30-52)33(6)42(31(3)4)48(9)10/h15-20,22,24-25,27,30-32,42,46,51H,6,11-14,21,23,26,28-29H2,1-5,7-10H3,(H,47,52). The van der Waals surface area contributed by atoms with E-state index in [0.717, 1.165) is 57.6 Å². The number of unbranched alkanes of at least 4 members (excludes halogenated alkanes) is 1. The van der Waals surface area contributed by atoms with Crippen LogP contribution in [0.1, 0.15) is 90.3 Å². The van der Waals surface area contributed by atoms with Crippen molar-refractivity contribution in [1.82, 2.24) is 30.2 Å². The summed E-state index contributed by atoms with van der Waals surface area (Å²) >= 11 is 0. The maximum atomic E-state index is 10.6. The van der Waals surface area contributed by atoms with Gasteiger partial charge in [-0.15, -0.1) is 0 Å². The van der Waals surface area contributed by atoms with Gasteiger partial charge in [-0.1, -0.05) is 72.4 Å². The number of likely N-dealkylation sites (N-methyl/N-ethyl adjacent to an activating group) is 1. The van der Waals surface area contributed by atoms with Crippen LogP contribution in [0, 0.1) is 11.3 Å². The van der Waals surface area contributed by atoms with Crippen molar-refractivity contribution in [3.8, 4) is 22.4 Å². The van der Waals surface area contributed by atoms with Crippen LogP contribution in [0.3, 0.4) is 0 Å². The lowest BCUT2D eigenvalue weighted by Gasteiger charge is -2.37. The summed E-state index contributed by atoms with van der Waals surface area (Å²) in [5.41, 5.74) is 16.1. The van der Waals surface area contributed by atoms with E-state index in [1.165, 1.54) is 50.0 Å². The summed E-state index contributed by atoms with van der Waals surface area (Å²) < 4.78 is 2.45. The second-order valence-corrected chi connectivity index (χ2v) is 15.7. The highest BCUT2D eigenvalue weighted by Crippen LogP contribution is 2.42. The fourth-order valence-electron chi connectivity index (χ4n) is 7.70.